The second-order valence-corrected chi connectivity index (χ2v) is 7.89. The normalized spacial score (nSPS) is 11.2. The Kier molecular flexibility index (Phi) is 12.6. The quantitative estimate of drug-likeness (QED) is 0.296. The minimum Gasteiger partial charge on any atom is -0.493 e. The topological polar surface area (TPSA) is 88.6 Å². The molecule has 7 nitrogen and oxygen atoms in total. The summed E-state index contributed by atoms with van der Waals surface area (Å²) in [6.07, 6.45) is 0.214. The number of halogens is 3. The minimum atomic E-state index is -0.603. The fourth-order valence-corrected chi connectivity index (χ4v) is 3.35. The lowest BCUT2D eigenvalue weighted by Gasteiger charge is -2.14. The third-order valence-corrected chi connectivity index (χ3v) is 5.59. The Hall–Kier alpha value is -1.97. The Morgan fingerprint density at radius 2 is 1.76 bits per heavy atom. The van der Waals surface area contributed by atoms with Crippen LogP contribution in [0.3, 0.4) is 0 Å². The van der Waals surface area contributed by atoms with Crippen molar-refractivity contribution in [3.8, 4) is 28.6 Å². The largest absolute Gasteiger partial charge is 0.493 e. The molecule has 0 unspecified atom stereocenters. The number of aryl methyl sites for hydroxylation is 1. The number of rotatable bonds is 11. The highest BCUT2D eigenvalue weighted by atomic mass is 79.9. The molecular formula is C23H30BrCl2N3O4. The summed E-state index contributed by atoms with van der Waals surface area (Å²) in [6.45, 7) is 3.36. The third-order valence-electron chi connectivity index (χ3n) is 4.81. The van der Waals surface area contributed by atoms with Gasteiger partial charge in [0.05, 0.1) is 14.2 Å². The molecule has 0 amide bonds. The van der Waals surface area contributed by atoms with Gasteiger partial charge in [-0.3, -0.25) is 0 Å². The highest BCUT2D eigenvalue weighted by Crippen LogP contribution is 2.27. The van der Waals surface area contributed by atoms with E-state index in [2.05, 4.69) is 31.2 Å². The van der Waals surface area contributed by atoms with Crippen LogP contribution in [0.5, 0.6) is 17.2 Å². The lowest BCUT2D eigenvalue weighted by atomic mass is 10.1. The van der Waals surface area contributed by atoms with Crippen LogP contribution < -0.4 is 19.5 Å². The number of hydrogen-bond acceptors (Lipinski definition) is 6. The van der Waals surface area contributed by atoms with Crippen molar-refractivity contribution in [3.05, 3.63) is 58.3 Å². The summed E-state index contributed by atoms with van der Waals surface area (Å²) < 4.78 is 17.1. The fourth-order valence-electron chi connectivity index (χ4n) is 3.07. The molecule has 0 saturated carbocycles. The van der Waals surface area contributed by atoms with Gasteiger partial charge in [-0.1, -0.05) is 6.07 Å². The van der Waals surface area contributed by atoms with Gasteiger partial charge >= 0.3 is 0 Å². The van der Waals surface area contributed by atoms with Crippen molar-refractivity contribution in [1.82, 2.24) is 15.3 Å². The van der Waals surface area contributed by atoms with Gasteiger partial charge in [-0.25, -0.2) is 4.98 Å². The number of hydrogen-bond donors (Lipinski definition) is 3. The number of aliphatic hydroxyl groups is 1. The first kappa shape index (κ1) is 29.1. The molecule has 1 aromatic heterocycles. The number of aliphatic hydroxyl groups excluding tert-OH is 1. The number of H-pyrrole nitrogens is 1. The van der Waals surface area contributed by atoms with Gasteiger partial charge in [0.1, 0.15) is 28.9 Å². The first-order valence-corrected chi connectivity index (χ1v) is 10.8. The molecule has 0 aliphatic heterocycles. The van der Waals surface area contributed by atoms with Gasteiger partial charge in [-0.15, -0.1) is 24.8 Å². The number of methoxy groups -OCH3 is 2. The number of nitrogens with one attached hydrogen (secondary N) is 2. The van der Waals surface area contributed by atoms with Crippen molar-refractivity contribution in [2.75, 3.05) is 33.9 Å². The highest BCUT2D eigenvalue weighted by Gasteiger charge is 2.09. The summed E-state index contributed by atoms with van der Waals surface area (Å²) >= 11 is 3.41. The molecular weight excluding hydrogens is 533 g/mol. The lowest BCUT2D eigenvalue weighted by molar-refractivity contribution is 0.106. The van der Waals surface area contributed by atoms with Gasteiger partial charge in [0.2, 0.25) is 0 Å². The number of ether oxygens (including phenoxy) is 3. The monoisotopic (exact) mass is 561 g/mol. The van der Waals surface area contributed by atoms with E-state index in [1.54, 1.807) is 14.2 Å². The van der Waals surface area contributed by atoms with E-state index in [1.807, 2.05) is 49.4 Å². The molecule has 0 spiro atoms. The van der Waals surface area contributed by atoms with Gasteiger partial charge < -0.3 is 29.6 Å². The predicted molar refractivity (Wildman–Crippen MR) is 139 cm³/mol. The van der Waals surface area contributed by atoms with E-state index in [0.29, 0.717) is 23.8 Å². The second kappa shape index (κ2) is 14.3. The maximum Gasteiger partial charge on any atom is 0.160 e. The molecule has 33 heavy (non-hydrogen) atoms. The van der Waals surface area contributed by atoms with E-state index in [-0.39, 0.29) is 31.4 Å². The summed E-state index contributed by atoms with van der Waals surface area (Å²) in [5.74, 6) is 2.94. The molecule has 10 heteroatoms. The molecule has 3 N–H and O–H groups in total. The number of aromatic amines is 1. The maximum atomic E-state index is 10.2. The third kappa shape index (κ3) is 8.39. The molecule has 0 aliphatic carbocycles. The van der Waals surface area contributed by atoms with Crippen molar-refractivity contribution >= 4 is 40.7 Å². The predicted octanol–water partition coefficient (Wildman–Crippen LogP) is 4.58. The van der Waals surface area contributed by atoms with Crippen LogP contribution in [0.15, 0.2) is 47.1 Å². The molecule has 0 saturated heterocycles. The zero-order valence-electron chi connectivity index (χ0n) is 18.8. The van der Waals surface area contributed by atoms with Gasteiger partial charge in [-0.05, 0) is 77.8 Å². The SMILES string of the molecule is COc1ccc(CCNC[C@H](O)COc2ccc(-c3nc(Br)c(C)[nH]3)cc2)cc1OC.Cl.Cl. The van der Waals surface area contributed by atoms with Crippen LogP contribution in [-0.4, -0.2) is 55.1 Å². The van der Waals surface area contributed by atoms with Crippen LogP contribution in [0, 0.1) is 6.92 Å². The molecule has 0 radical (unpaired) electrons. The summed E-state index contributed by atoms with van der Waals surface area (Å²) in [4.78, 5) is 7.65. The Labute approximate surface area is 215 Å². The first-order valence-electron chi connectivity index (χ1n) is 10.0. The summed E-state index contributed by atoms with van der Waals surface area (Å²) in [6, 6.07) is 13.5. The molecule has 2 aromatic carbocycles. The average molecular weight is 563 g/mol. The maximum absolute atomic E-state index is 10.2. The van der Waals surface area contributed by atoms with Gasteiger partial charge in [0.15, 0.2) is 11.5 Å². The zero-order valence-corrected chi connectivity index (χ0v) is 22.0. The summed E-state index contributed by atoms with van der Waals surface area (Å²) in [5.41, 5.74) is 3.09. The summed E-state index contributed by atoms with van der Waals surface area (Å²) in [5, 5.41) is 13.4. The van der Waals surface area contributed by atoms with Crippen LogP contribution >= 0.6 is 40.7 Å². The molecule has 0 aliphatic rings. The van der Waals surface area contributed by atoms with E-state index >= 15 is 0 Å². The standard InChI is InChI=1S/C23H28BrN3O4.2ClH/c1-15-22(24)27-23(26-15)17-5-7-19(8-6-17)31-14-18(28)13-25-11-10-16-4-9-20(29-2)21(12-16)30-3;;/h4-9,12,18,25,28H,10-11,13-14H2,1-3H3,(H,26,27);2*1H/t18-;;/m0../s1. The average Bonchev–Trinajstić information content (AvgIpc) is 3.13. The van der Waals surface area contributed by atoms with Crippen molar-refractivity contribution < 1.29 is 19.3 Å². The van der Waals surface area contributed by atoms with Crippen LogP contribution in [-0.2, 0) is 6.42 Å². The number of nitrogens with zero attached hydrogens (tertiary/aromatic N) is 1. The van der Waals surface area contributed by atoms with Crippen LogP contribution in [0.2, 0.25) is 0 Å². The van der Waals surface area contributed by atoms with Crippen molar-refractivity contribution in [2.24, 2.45) is 0 Å². The van der Waals surface area contributed by atoms with Gasteiger partial charge in [0, 0.05) is 17.8 Å². The van der Waals surface area contributed by atoms with Crippen molar-refractivity contribution in [3.63, 3.8) is 0 Å². The molecule has 3 aromatic rings. The Balaban J connectivity index is 0.00000272. The van der Waals surface area contributed by atoms with Crippen LogP contribution in [0.25, 0.3) is 11.4 Å². The van der Waals surface area contributed by atoms with Gasteiger partial charge in [0.25, 0.3) is 0 Å². The Morgan fingerprint density at radius 3 is 2.36 bits per heavy atom. The molecule has 0 fully saturated rings. The van der Waals surface area contributed by atoms with Crippen molar-refractivity contribution in [2.45, 2.75) is 19.4 Å². The van der Waals surface area contributed by atoms with E-state index in [9.17, 15) is 5.11 Å². The van der Waals surface area contributed by atoms with Crippen molar-refractivity contribution in [1.29, 1.82) is 0 Å². The Bertz CT molecular complexity index is 967. The first-order chi connectivity index (χ1) is 15.0. The van der Waals surface area contributed by atoms with E-state index in [0.717, 1.165) is 40.2 Å². The molecule has 1 heterocycles. The molecule has 0 bridgehead atoms. The van der Waals surface area contributed by atoms with E-state index < -0.39 is 6.10 Å². The lowest BCUT2D eigenvalue weighted by Crippen LogP contribution is -2.32. The van der Waals surface area contributed by atoms with E-state index in [1.165, 1.54) is 0 Å². The second-order valence-electron chi connectivity index (χ2n) is 7.13. The van der Waals surface area contributed by atoms with E-state index in [4.69, 9.17) is 14.2 Å². The van der Waals surface area contributed by atoms with Gasteiger partial charge in [-0.2, -0.15) is 0 Å². The smallest absolute Gasteiger partial charge is 0.160 e. The number of aromatic nitrogens is 2. The number of imidazole rings is 1. The molecule has 3 rings (SSSR count). The zero-order chi connectivity index (χ0) is 22.2. The van der Waals surface area contributed by atoms with Crippen LogP contribution in [0.1, 0.15) is 11.3 Å². The summed E-state index contributed by atoms with van der Waals surface area (Å²) in [7, 11) is 3.25. The highest BCUT2D eigenvalue weighted by molar-refractivity contribution is 9.10. The number of benzene rings is 2. The Morgan fingerprint density at radius 1 is 1.06 bits per heavy atom. The molecule has 1 atom stereocenters. The fraction of sp³-hybridized carbons (Fsp3) is 0.348. The molecule has 182 valence electrons. The minimum absolute atomic E-state index is 0. The van der Waals surface area contributed by atoms with Crippen LogP contribution in [0.4, 0.5) is 0 Å².